The lowest BCUT2D eigenvalue weighted by molar-refractivity contribution is 0.0696. The number of carbonyl (C=O) groups is 1. The minimum Gasteiger partial charge on any atom is -0.488 e. The van der Waals surface area contributed by atoms with Crippen LogP contribution in [0, 0.1) is 17.1 Å². The highest BCUT2D eigenvalue weighted by molar-refractivity contribution is 9.10. The van der Waals surface area contributed by atoms with Gasteiger partial charge in [0.2, 0.25) is 0 Å². The predicted molar refractivity (Wildman–Crippen MR) is 76.5 cm³/mol. The molecule has 2 aromatic carbocycles. The number of carboxylic acids is 1. The van der Waals surface area contributed by atoms with Gasteiger partial charge in [-0.15, -0.1) is 0 Å². The number of carboxylic acid groups (broad SMARTS) is 1. The van der Waals surface area contributed by atoms with E-state index in [0.29, 0.717) is 15.8 Å². The van der Waals surface area contributed by atoms with Crippen LogP contribution in [0.15, 0.2) is 40.9 Å². The van der Waals surface area contributed by atoms with Crippen molar-refractivity contribution in [1.82, 2.24) is 0 Å². The third-order valence-electron chi connectivity index (χ3n) is 2.74. The van der Waals surface area contributed by atoms with Gasteiger partial charge >= 0.3 is 5.97 Å². The second-order valence-corrected chi connectivity index (χ2v) is 5.01. The molecule has 106 valence electrons. The van der Waals surface area contributed by atoms with Gasteiger partial charge in [-0.3, -0.25) is 0 Å². The minimum absolute atomic E-state index is 0.0252. The van der Waals surface area contributed by atoms with Crippen LogP contribution in [0.25, 0.3) is 0 Å². The average molecular weight is 350 g/mol. The molecule has 0 saturated heterocycles. The molecular weight excluding hydrogens is 341 g/mol. The zero-order valence-corrected chi connectivity index (χ0v) is 12.2. The highest BCUT2D eigenvalue weighted by Gasteiger charge is 2.09. The van der Waals surface area contributed by atoms with Crippen molar-refractivity contribution < 1.29 is 19.0 Å². The largest absolute Gasteiger partial charge is 0.488 e. The van der Waals surface area contributed by atoms with E-state index in [2.05, 4.69) is 15.9 Å². The van der Waals surface area contributed by atoms with Crippen LogP contribution in [0.3, 0.4) is 0 Å². The van der Waals surface area contributed by atoms with E-state index in [1.165, 1.54) is 30.3 Å². The normalized spacial score (nSPS) is 9.95. The fourth-order valence-corrected chi connectivity index (χ4v) is 2.13. The van der Waals surface area contributed by atoms with E-state index in [4.69, 9.17) is 15.1 Å². The third kappa shape index (κ3) is 3.58. The minimum atomic E-state index is -1.04. The number of halogens is 2. The van der Waals surface area contributed by atoms with Crippen LogP contribution in [0.4, 0.5) is 4.39 Å². The van der Waals surface area contributed by atoms with Crippen molar-refractivity contribution in [2.75, 3.05) is 0 Å². The lowest BCUT2D eigenvalue weighted by atomic mass is 10.1. The number of hydrogen-bond acceptors (Lipinski definition) is 3. The Morgan fingerprint density at radius 2 is 2.10 bits per heavy atom. The summed E-state index contributed by atoms with van der Waals surface area (Å²) in [5.41, 5.74) is 0.672. The molecule has 0 radical (unpaired) electrons. The fourth-order valence-electron chi connectivity index (χ4n) is 1.64. The molecular formula is C15H9BrFNO3. The first-order valence-electron chi connectivity index (χ1n) is 5.85. The maximum absolute atomic E-state index is 13.7. The van der Waals surface area contributed by atoms with Crippen LogP contribution in [-0.4, -0.2) is 11.1 Å². The van der Waals surface area contributed by atoms with Crippen molar-refractivity contribution in [3.63, 3.8) is 0 Å². The summed E-state index contributed by atoms with van der Waals surface area (Å²) in [5, 5.41) is 17.5. The van der Waals surface area contributed by atoms with Crippen LogP contribution in [-0.2, 0) is 6.61 Å². The van der Waals surface area contributed by atoms with Crippen LogP contribution in [0.1, 0.15) is 21.5 Å². The number of nitrogens with zero attached hydrogens (tertiary/aromatic N) is 1. The fraction of sp³-hybridized carbons (Fsp3) is 0.0667. The van der Waals surface area contributed by atoms with Crippen LogP contribution in [0.2, 0.25) is 0 Å². The summed E-state index contributed by atoms with van der Waals surface area (Å²) in [4.78, 5) is 10.8. The summed E-state index contributed by atoms with van der Waals surface area (Å²) >= 11 is 3.21. The van der Waals surface area contributed by atoms with Crippen LogP contribution < -0.4 is 4.74 Å². The summed E-state index contributed by atoms with van der Waals surface area (Å²) in [6, 6.07) is 10.3. The quantitative estimate of drug-likeness (QED) is 0.912. The van der Waals surface area contributed by atoms with Gasteiger partial charge in [-0.1, -0.05) is 6.07 Å². The maximum atomic E-state index is 13.7. The van der Waals surface area contributed by atoms with Crippen molar-refractivity contribution in [3.8, 4) is 11.8 Å². The van der Waals surface area contributed by atoms with E-state index in [1.54, 1.807) is 0 Å². The molecule has 0 heterocycles. The SMILES string of the molecule is N#Cc1ccc(COc2ccc(C(=O)O)cc2Br)c(F)c1. The van der Waals surface area contributed by atoms with Crippen molar-refractivity contribution in [2.24, 2.45) is 0 Å². The Morgan fingerprint density at radius 3 is 2.67 bits per heavy atom. The van der Waals surface area contributed by atoms with Gasteiger partial charge in [0.1, 0.15) is 18.2 Å². The molecule has 2 aromatic rings. The molecule has 0 aromatic heterocycles. The Labute approximate surface area is 128 Å². The Kier molecular flexibility index (Phi) is 4.55. The zero-order chi connectivity index (χ0) is 15.4. The lowest BCUT2D eigenvalue weighted by Gasteiger charge is -2.09. The Hall–Kier alpha value is -2.39. The summed E-state index contributed by atoms with van der Waals surface area (Å²) < 4.78 is 19.6. The van der Waals surface area contributed by atoms with Gasteiger partial charge in [-0.25, -0.2) is 9.18 Å². The molecule has 0 atom stereocenters. The van der Waals surface area contributed by atoms with Crippen molar-refractivity contribution in [2.45, 2.75) is 6.61 Å². The van der Waals surface area contributed by atoms with E-state index in [9.17, 15) is 9.18 Å². The smallest absolute Gasteiger partial charge is 0.335 e. The van der Waals surface area contributed by atoms with Crippen molar-refractivity contribution in [1.29, 1.82) is 5.26 Å². The summed E-state index contributed by atoms with van der Waals surface area (Å²) in [6.45, 7) is -0.0252. The topological polar surface area (TPSA) is 70.3 Å². The lowest BCUT2D eigenvalue weighted by Crippen LogP contribution is -2.01. The van der Waals surface area contributed by atoms with Gasteiger partial charge in [0.15, 0.2) is 0 Å². The molecule has 0 amide bonds. The highest BCUT2D eigenvalue weighted by Crippen LogP contribution is 2.27. The molecule has 0 aliphatic heterocycles. The van der Waals surface area contributed by atoms with Gasteiger partial charge in [-0.2, -0.15) is 5.26 Å². The Bertz CT molecular complexity index is 740. The highest BCUT2D eigenvalue weighted by atomic mass is 79.9. The van der Waals surface area contributed by atoms with Crippen LogP contribution in [0.5, 0.6) is 5.75 Å². The molecule has 1 N–H and O–H groups in total. The van der Waals surface area contributed by atoms with E-state index in [1.807, 2.05) is 6.07 Å². The van der Waals surface area contributed by atoms with Crippen LogP contribution >= 0.6 is 15.9 Å². The number of rotatable bonds is 4. The number of hydrogen-bond donors (Lipinski definition) is 1. The van der Waals surface area contributed by atoms with Gasteiger partial charge in [-0.05, 0) is 46.3 Å². The summed E-state index contributed by atoms with van der Waals surface area (Å²) in [5.74, 6) is -1.16. The summed E-state index contributed by atoms with van der Waals surface area (Å²) in [7, 11) is 0. The number of ether oxygens (including phenoxy) is 1. The molecule has 21 heavy (non-hydrogen) atoms. The second-order valence-electron chi connectivity index (χ2n) is 4.16. The molecule has 0 spiro atoms. The van der Waals surface area contributed by atoms with Gasteiger partial charge in [0.05, 0.1) is 21.7 Å². The first kappa shape index (κ1) is 15.0. The molecule has 2 rings (SSSR count). The van der Waals surface area contributed by atoms with Gasteiger partial charge in [0.25, 0.3) is 0 Å². The first-order chi connectivity index (χ1) is 10.0. The van der Waals surface area contributed by atoms with E-state index < -0.39 is 11.8 Å². The standard InChI is InChI=1S/C15H9BrFNO3/c16-12-6-10(15(19)20)3-4-14(12)21-8-11-2-1-9(7-18)5-13(11)17/h1-6H,8H2,(H,19,20). The molecule has 4 nitrogen and oxygen atoms in total. The van der Waals surface area contributed by atoms with Crippen molar-refractivity contribution >= 4 is 21.9 Å². The number of benzene rings is 2. The molecule has 0 aliphatic rings. The molecule has 0 aliphatic carbocycles. The molecule has 0 unspecified atom stereocenters. The van der Waals surface area contributed by atoms with Gasteiger partial charge in [0, 0.05) is 5.56 Å². The van der Waals surface area contributed by atoms with Gasteiger partial charge < -0.3 is 9.84 Å². The zero-order valence-electron chi connectivity index (χ0n) is 10.6. The van der Waals surface area contributed by atoms with E-state index in [0.717, 1.165) is 6.07 Å². The third-order valence-corrected chi connectivity index (χ3v) is 3.36. The Balaban J connectivity index is 2.13. The molecule has 0 saturated carbocycles. The average Bonchev–Trinajstić information content (AvgIpc) is 2.46. The summed E-state index contributed by atoms with van der Waals surface area (Å²) in [6.07, 6.45) is 0. The van der Waals surface area contributed by atoms with Crippen molar-refractivity contribution in [3.05, 3.63) is 63.4 Å². The molecule has 0 bridgehead atoms. The second kappa shape index (κ2) is 6.37. The number of nitriles is 1. The first-order valence-corrected chi connectivity index (χ1v) is 6.64. The molecule has 6 heteroatoms. The monoisotopic (exact) mass is 349 g/mol. The number of aromatic carboxylic acids is 1. The van der Waals surface area contributed by atoms with E-state index in [-0.39, 0.29) is 17.7 Å². The van der Waals surface area contributed by atoms with E-state index >= 15 is 0 Å². The maximum Gasteiger partial charge on any atom is 0.335 e. The Morgan fingerprint density at radius 1 is 1.33 bits per heavy atom. The predicted octanol–water partition coefficient (Wildman–Crippen LogP) is 3.74. The molecule has 0 fully saturated rings.